The Kier molecular flexibility index (Phi) is 3.66. The minimum atomic E-state index is 0. The molecule has 3 nitrogen and oxygen atoms in total. The molecule has 3 heteroatoms. The normalized spacial score (nSPS) is 11.7. The Morgan fingerprint density at radius 2 is 2.07 bits per heavy atom. The first-order valence-corrected chi connectivity index (χ1v) is 5.55. The van der Waals surface area contributed by atoms with Crippen molar-refractivity contribution in [1.82, 2.24) is 10.2 Å². The van der Waals surface area contributed by atoms with E-state index in [1.54, 1.807) is 0 Å². The second-order valence-corrected chi connectivity index (χ2v) is 4.52. The van der Waals surface area contributed by atoms with E-state index in [0.717, 1.165) is 42.5 Å². The first-order chi connectivity index (χ1) is 7.06. The van der Waals surface area contributed by atoms with Crippen molar-refractivity contribution in [3.8, 4) is 0 Å². The number of aldehydes is 1. The van der Waals surface area contributed by atoms with Crippen LogP contribution in [0.1, 0.15) is 56.8 Å². The average Bonchev–Trinajstić information content (AvgIpc) is 2.59. The Hall–Kier alpha value is -1.12. The van der Waals surface area contributed by atoms with Crippen LogP contribution in [0.2, 0.25) is 0 Å². The molecule has 0 amide bonds. The van der Waals surface area contributed by atoms with Crippen LogP contribution in [0.15, 0.2) is 0 Å². The second-order valence-electron chi connectivity index (χ2n) is 4.52. The molecular formula is C12H22N2O. The van der Waals surface area contributed by atoms with E-state index < -0.39 is 0 Å². The van der Waals surface area contributed by atoms with Gasteiger partial charge in [-0.25, -0.2) is 0 Å². The standard InChI is InChI=1S/C12H20N2O.H2/c1-5-12(4,6-2)7-11-10(8-15)9(3)13-14-11;/h8H,5-7H2,1-4H3,(H,13,14);1H. The quantitative estimate of drug-likeness (QED) is 0.759. The van der Waals surface area contributed by atoms with Gasteiger partial charge in [0.05, 0.1) is 11.3 Å². The number of hydrogen-bond acceptors (Lipinski definition) is 2. The van der Waals surface area contributed by atoms with E-state index >= 15 is 0 Å². The molecule has 0 aliphatic heterocycles. The Labute approximate surface area is 92.8 Å². The van der Waals surface area contributed by atoms with Crippen molar-refractivity contribution >= 4 is 6.29 Å². The molecule has 1 N–H and O–H groups in total. The van der Waals surface area contributed by atoms with Gasteiger partial charge in [0.25, 0.3) is 0 Å². The number of nitrogens with one attached hydrogen (secondary N) is 1. The fourth-order valence-corrected chi connectivity index (χ4v) is 1.68. The molecule has 0 saturated heterocycles. The van der Waals surface area contributed by atoms with E-state index in [-0.39, 0.29) is 6.84 Å². The number of aromatic nitrogens is 2. The van der Waals surface area contributed by atoms with Crippen molar-refractivity contribution in [3.63, 3.8) is 0 Å². The van der Waals surface area contributed by atoms with Crippen molar-refractivity contribution in [2.75, 3.05) is 0 Å². The lowest BCUT2D eigenvalue weighted by molar-refractivity contribution is 0.112. The fraction of sp³-hybridized carbons (Fsp3) is 0.667. The van der Waals surface area contributed by atoms with E-state index in [9.17, 15) is 4.79 Å². The van der Waals surface area contributed by atoms with E-state index in [4.69, 9.17) is 0 Å². The molecule has 0 aromatic carbocycles. The lowest BCUT2D eigenvalue weighted by Gasteiger charge is -2.25. The summed E-state index contributed by atoms with van der Waals surface area (Å²) in [5, 5.41) is 7.09. The van der Waals surface area contributed by atoms with Crippen LogP contribution in [0.3, 0.4) is 0 Å². The van der Waals surface area contributed by atoms with Crippen molar-refractivity contribution in [3.05, 3.63) is 17.0 Å². The predicted molar refractivity (Wildman–Crippen MR) is 63.2 cm³/mol. The highest BCUT2D eigenvalue weighted by atomic mass is 16.1. The monoisotopic (exact) mass is 210 g/mol. The van der Waals surface area contributed by atoms with Crippen LogP contribution in [0.25, 0.3) is 0 Å². The molecular weight excluding hydrogens is 188 g/mol. The Morgan fingerprint density at radius 1 is 1.47 bits per heavy atom. The molecule has 0 spiro atoms. The highest BCUT2D eigenvalue weighted by molar-refractivity contribution is 5.78. The van der Waals surface area contributed by atoms with Crippen LogP contribution in [0.5, 0.6) is 0 Å². The van der Waals surface area contributed by atoms with Crippen molar-refractivity contribution in [2.45, 2.75) is 47.0 Å². The number of hydrogen-bond donors (Lipinski definition) is 1. The topological polar surface area (TPSA) is 45.8 Å². The van der Waals surface area contributed by atoms with Crippen LogP contribution in [-0.2, 0) is 6.42 Å². The molecule has 1 aromatic heterocycles. The molecule has 0 unspecified atom stereocenters. The summed E-state index contributed by atoms with van der Waals surface area (Å²) in [6, 6.07) is 0. The number of rotatable bonds is 5. The molecule has 1 rings (SSSR count). The summed E-state index contributed by atoms with van der Waals surface area (Å²) in [4.78, 5) is 10.9. The third kappa shape index (κ3) is 2.46. The van der Waals surface area contributed by atoms with Crippen LogP contribution >= 0.6 is 0 Å². The van der Waals surface area contributed by atoms with Gasteiger partial charge in [0.15, 0.2) is 6.29 Å². The highest BCUT2D eigenvalue weighted by Crippen LogP contribution is 2.30. The van der Waals surface area contributed by atoms with Crippen LogP contribution in [0.4, 0.5) is 0 Å². The van der Waals surface area contributed by atoms with Gasteiger partial charge in [0.2, 0.25) is 0 Å². The van der Waals surface area contributed by atoms with Gasteiger partial charge in [0, 0.05) is 7.12 Å². The number of nitrogens with zero attached hydrogens (tertiary/aromatic N) is 1. The number of H-pyrrole nitrogens is 1. The zero-order valence-corrected chi connectivity index (χ0v) is 10.1. The first-order valence-electron chi connectivity index (χ1n) is 5.55. The molecule has 0 atom stereocenters. The van der Waals surface area contributed by atoms with Crippen molar-refractivity contribution in [2.24, 2.45) is 5.41 Å². The van der Waals surface area contributed by atoms with E-state index in [2.05, 4.69) is 31.0 Å². The van der Waals surface area contributed by atoms with Gasteiger partial charge < -0.3 is 0 Å². The molecule has 0 radical (unpaired) electrons. The van der Waals surface area contributed by atoms with Crippen LogP contribution in [-0.4, -0.2) is 16.5 Å². The van der Waals surface area contributed by atoms with Gasteiger partial charge in [0.1, 0.15) is 0 Å². The van der Waals surface area contributed by atoms with Gasteiger partial charge in [-0.15, -0.1) is 0 Å². The highest BCUT2D eigenvalue weighted by Gasteiger charge is 2.23. The van der Waals surface area contributed by atoms with Gasteiger partial charge >= 0.3 is 0 Å². The maximum Gasteiger partial charge on any atom is 0.153 e. The molecule has 86 valence electrons. The third-order valence-electron chi connectivity index (χ3n) is 3.49. The fourth-order valence-electron chi connectivity index (χ4n) is 1.68. The van der Waals surface area contributed by atoms with Gasteiger partial charge in [-0.3, -0.25) is 9.89 Å². The predicted octanol–water partition coefficient (Wildman–Crippen LogP) is 3.15. The third-order valence-corrected chi connectivity index (χ3v) is 3.49. The van der Waals surface area contributed by atoms with Crippen LogP contribution in [0, 0.1) is 12.3 Å². The Bertz CT molecular complexity index is 343. The molecule has 0 aliphatic rings. The number of aryl methyl sites for hydroxylation is 1. The first kappa shape index (κ1) is 12.0. The summed E-state index contributed by atoms with van der Waals surface area (Å²) in [7, 11) is 0. The number of carbonyl (C=O) groups excluding carboxylic acids is 1. The average molecular weight is 210 g/mol. The second kappa shape index (κ2) is 4.60. The Balaban J connectivity index is 0.00000225. The molecule has 1 aromatic rings. The summed E-state index contributed by atoms with van der Waals surface area (Å²) in [5.74, 6) is 0. The molecule has 1 heterocycles. The number of carbonyl (C=O) groups is 1. The minimum absolute atomic E-state index is 0. The van der Waals surface area contributed by atoms with Gasteiger partial charge in [-0.1, -0.05) is 33.6 Å². The molecule has 0 bridgehead atoms. The zero-order valence-electron chi connectivity index (χ0n) is 10.1. The van der Waals surface area contributed by atoms with Crippen molar-refractivity contribution < 1.29 is 6.22 Å². The van der Waals surface area contributed by atoms with Gasteiger partial charge in [-0.2, -0.15) is 5.10 Å². The summed E-state index contributed by atoms with van der Waals surface area (Å²) in [6.45, 7) is 8.49. The maximum absolute atomic E-state index is 10.9. The summed E-state index contributed by atoms with van der Waals surface area (Å²) < 4.78 is 0. The lowest BCUT2D eigenvalue weighted by Crippen LogP contribution is -2.18. The molecule has 0 saturated carbocycles. The van der Waals surface area contributed by atoms with E-state index in [0.29, 0.717) is 0 Å². The summed E-state index contributed by atoms with van der Waals surface area (Å²) in [5.41, 5.74) is 2.77. The Morgan fingerprint density at radius 3 is 2.53 bits per heavy atom. The zero-order chi connectivity index (χ0) is 11.5. The van der Waals surface area contributed by atoms with E-state index in [1.165, 1.54) is 0 Å². The summed E-state index contributed by atoms with van der Waals surface area (Å²) in [6.07, 6.45) is 3.99. The smallest absolute Gasteiger partial charge is 0.153 e. The minimum Gasteiger partial charge on any atom is -0.298 e. The van der Waals surface area contributed by atoms with Gasteiger partial charge in [-0.05, 0) is 18.8 Å². The largest absolute Gasteiger partial charge is 0.298 e. The maximum atomic E-state index is 10.9. The number of aromatic amines is 1. The molecule has 15 heavy (non-hydrogen) atoms. The lowest BCUT2D eigenvalue weighted by atomic mass is 9.80. The SMILES string of the molecule is CCC(C)(CC)Cc1n[nH]c(C)c1C=O.[HH]. The molecule has 0 aliphatic carbocycles. The van der Waals surface area contributed by atoms with Crippen LogP contribution < -0.4 is 0 Å². The summed E-state index contributed by atoms with van der Waals surface area (Å²) >= 11 is 0. The molecule has 0 fully saturated rings. The van der Waals surface area contributed by atoms with Crippen molar-refractivity contribution in [1.29, 1.82) is 0 Å². The van der Waals surface area contributed by atoms with E-state index in [1.807, 2.05) is 6.92 Å².